The van der Waals surface area contributed by atoms with E-state index in [9.17, 15) is 4.79 Å². The number of fused-ring (bicyclic) bond motifs is 1. The van der Waals surface area contributed by atoms with Crippen LogP contribution in [0.5, 0.6) is 0 Å². The summed E-state index contributed by atoms with van der Waals surface area (Å²) in [5.74, 6) is 1.98. The first kappa shape index (κ1) is 15.8. The van der Waals surface area contributed by atoms with Gasteiger partial charge in [-0.05, 0) is 43.0 Å². The number of carbonyl (C=O) groups excluding carboxylic acids is 1. The fourth-order valence-electron chi connectivity index (χ4n) is 3.21. The van der Waals surface area contributed by atoms with Crippen molar-refractivity contribution in [1.82, 2.24) is 20.1 Å². The molecule has 2 aliphatic rings. The summed E-state index contributed by atoms with van der Waals surface area (Å²) in [6, 6.07) is 5.69. The Labute approximate surface area is 147 Å². The van der Waals surface area contributed by atoms with Crippen LogP contribution in [0.2, 0.25) is 0 Å². The summed E-state index contributed by atoms with van der Waals surface area (Å²) in [6.45, 7) is 1.24. The lowest BCUT2D eigenvalue weighted by Crippen LogP contribution is -2.39. The van der Waals surface area contributed by atoms with Crippen molar-refractivity contribution in [1.29, 1.82) is 0 Å². The second kappa shape index (κ2) is 6.31. The molecule has 25 heavy (non-hydrogen) atoms. The minimum atomic E-state index is -0.146. The van der Waals surface area contributed by atoms with E-state index in [1.54, 1.807) is 4.90 Å². The largest absolute Gasteiger partial charge is 0.362 e. The molecule has 4 rings (SSSR count). The van der Waals surface area contributed by atoms with Crippen LogP contribution >= 0.6 is 0 Å². The Hall–Kier alpha value is -2.70. The molecule has 0 bridgehead atoms. The van der Waals surface area contributed by atoms with Crippen LogP contribution in [-0.4, -0.2) is 46.8 Å². The van der Waals surface area contributed by atoms with Gasteiger partial charge in [0, 0.05) is 38.3 Å². The monoisotopic (exact) mass is 338 g/mol. The zero-order valence-corrected chi connectivity index (χ0v) is 14.6. The number of anilines is 2. The van der Waals surface area contributed by atoms with Crippen molar-refractivity contribution in [3.8, 4) is 0 Å². The van der Waals surface area contributed by atoms with Gasteiger partial charge in [0.25, 0.3) is 0 Å². The van der Waals surface area contributed by atoms with E-state index in [0.29, 0.717) is 24.8 Å². The van der Waals surface area contributed by atoms with Gasteiger partial charge in [-0.3, -0.25) is 5.32 Å². The average molecular weight is 338 g/mol. The molecule has 0 radical (unpaired) electrons. The van der Waals surface area contributed by atoms with Crippen LogP contribution in [0.3, 0.4) is 0 Å². The zero-order chi connectivity index (χ0) is 17.4. The van der Waals surface area contributed by atoms with E-state index in [4.69, 9.17) is 0 Å². The van der Waals surface area contributed by atoms with E-state index in [1.807, 2.05) is 43.4 Å². The Morgan fingerprint density at radius 3 is 2.76 bits per heavy atom. The van der Waals surface area contributed by atoms with Crippen LogP contribution in [0.1, 0.15) is 35.6 Å². The molecule has 7 nitrogen and oxygen atoms in total. The maximum Gasteiger partial charge on any atom is 0.323 e. The van der Waals surface area contributed by atoms with E-state index in [0.717, 1.165) is 23.5 Å². The molecule has 1 fully saturated rings. The number of hydrogen-bond donors (Lipinski definition) is 1. The van der Waals surface area contributed by atoms with Crippen LogP contribution in [-0.2, 0) is 13.0 Å². The van der Waals surface area contributed by atoms with E-state index in [1.165, 1.54) is 18.4 Å². The van der Waals surface area contributed by atoms with E-state index < -0.39 is 0 Å². The summed E-state index contributed by atoms with van der Waals surface area (Å²) < 4.78 is 0. The molecule has 1 aliphatic heterocycles. The molecule has 0 saturated heterocycles. The van der Waals surface area contributed by atoms with Gasteiger partial charge in [-0.1, -0.05) is 0 Å². The van der Waals surface area contributed by atoms with E-state index in [2.05, 4.69) is 20.5 Å². The standard InChI is InChI=1S/C18H22N6O/c1-23(2)17-14-11-24(10-8-12(14)7-9-19-17)18(25)20-16-6-5-15(21-22-16)13-3-4-13/h5-7,9,13H,3-4,8,10-11H2,1-2H3,(H,20,22,25). The molecule has 3 heterocycles. The molecule has 2 aromatic rings. The number of aromatic nitrogens is 3. The molecule has 7 heteroatoms. The molecule has 1 N–H and O–H groups in total. The summed E-state index contributed by atoms with van der Waals surface area (Å²) in [7, 11) is 3.94. The fraction of sp³-hybridized carbons (Fsp3) is 0.444. The summed E-state index contributed by atoms with van der Waals surface area (Å²) >= 11 is 0. The third-order valence-electron chi connectivity index (χ3n) is 4.76. The number of pyridine rings is 1. The van der Waals surface area contributed by atoms with Crippen LogP contribution in [0, 0.1) is 0 Å². The first-order valence-electron chi connectivity index (χ1n) is 8.65. The first-order valence-corrected chi connectivity index (χ1v) is 8.65. The Morgan fingerprint density at radius 2 is 2.08 bits per heavy atom. The molecule has 0 aromatic carbocycles. The zero-order valence-electron chi connectivity index (χ0n) is 14.6. The maximum absolute atomic E-state index is 12.6. The smallest absolute Gasteiger partial charge is 0.323 e. The molecule has 0 spiro atoms. The number of urea groups is 1. The van der Waals surface area contributed by atoms with Crippen molar-refractivity contribution >= 4 is 17.7 Å². The van der Waals surface area contributed by atoms with Gasteiger partial charge in [0.15, 0.2) is 5.82 Å². The fourth-order valence-corrected chi connectivity index (χ4v) is 3.21. The minimum absolute atomic E-state index is 0.146. The van der Waals surface area contributed by atoms with Gasteiger partial charge in [0.05, 0.1) is 12.2 Å². The highest BCUT2D eigenvalue weighted by Crippen LogP contribution is 2.38. The Bertz CT molecular complexity index is 785. The highest BCUT2D eigenvalue weighted by atomic mass is 16.2. The van der Waals surface area contributed by atoms with Crippen molar-refractivity contribution in [3.05, 3.63) is 41.2 Å². The van der Waals surface area contributed by atoms with Crippen LogP contribution in [0.15, 0.2) is 24.4 Å². The van der Waals surface area contributed by atoms with Crippen molar-refractivity contribution in [2.24, 2.45) is 0 Å². The third kappa shape index (κ3) is 3.26. The topological polar surface area (TPSA) is 74.2 Å². The van der Waals surface area contributed by atoms with Crippen molar-refractivity contribution < 1.29 is 4.79 Å². The highest BCUT2D eigenvalue weighted by Gasteiger charge is 2.26. The van der Waals surface area contributed by atoms with Gasteiger partial charge in [-0.2, -0.15) is 5.10 Å². The number of rotatable bonds is 3. The molecule has 130 valence electrons. The van der Waals surface area contributed by atoms with Gasteiger partial charge >= 0.3 is 6.03 Å². The van der Waals surface area contributed by atoms with Gasteiger partial charge in [0.2, 0.25) is 0 Å². The Kier molecular flexibility index (Phi) is 3.99. The minimum Gasteiger partial charge on any atom is -0.362 e. The van der Waals surface area contributed by atoms with E-state index in [-0.39, 0.29) is 6.03 Å². The molecule has 1 aliphatic carbocycles. The van der Waals surface area contributed by atoms with Gasteiger partial charge < -0.3 is 9.80 Å². The SMILES string of the molecule is CN(C)c1nccc2c1CN(C(=O)Nc1ccc(C3CC3)nn1)CC2. The van der Waals surface area contributed by atoms with Crippen LogP contribution in [0.25, 0.3) is 0 Å². The molecular weight excluding hydrogens is 316 g/mol. The molecule has 0 unspecified atom stereocenters. The Morgan fingerprint density at radius 1 is 1.24 bits per heavy atom. The molecule has 2 aromatic heterocycles. The normalized spacial score (nSPS) is 16.3. The number of nitrogens with one attached hydrogen (secondary N) is 1. The van der Waals surface area contributed by atoms with Gasteiger partial charge in [-0.25, -0.2) is 9.78 Å². The first-order chi connectivity index (χ1) is 12.1. The predicted molar refractivity (Wildman–Crippen MR) is 95.7 cm³/mol. The lowest BCUT2D eigenvalue weighted by Gasteiger charge is -2.31. The maximum atomic E-state index is 12.6. The van der Waals surface area contributed by atoms with Crippen molar-refractivity contribution in [2.75, 3.05) is 30.9 Å². The van der Waals surface area contributed by atoms with Gasteiger partial charge in [0.1, 0.15) is 5.82 Å². The van der Waals surface area contributed by atoms with Gasteiger partial charge in [-0.15, -0.1) is 5.10 Å². The molecule has 0 atom stereocenters. The number of hydrogen-bond acceptors (Lipinski definition) is 5. The summed E-state index contributed by atoms with van der Waals surface area (Å²) in [5.41, 5.74) is 3.40. The molecule has 1 saturated carbocycles. The lowest BCUT2D eigenvalue weighted by molar-refractivity contribution is 0.206. The van der Waals surface area contributed by atoms with Crippen molar-refractivity contribution in [3.63, 3.8) is 0 Å². The van der Waals surface area contributed by atoms with Crippen LogP contribution in [0.4, 0.5) is 16.4 Å². The third-order valence-corrected chi connectivity index (χ3v) is 4.76. The second-order valence-electron chi connectivity index (χ2n) is 6.89. The van der Waals surface area contributed by atoms with Crippen molar-refractivity contribution in [2.45, 2.75) is 31.7 Å². The number of amides is 2. The number of nitrogens with zero attached hydrogens (tertiary/aromatic N) is 5. The highest BCUT2D eigenvalue weighted by molar-refractivity contribution is 5.88. The summed E-state index contributed by atoms with van der Waals surface area (Å²) in [4.78, 5) is 20.8. The Balaban J connectivity index is 1.46. The predicted octanol–water partition coefficient (Wildman–Crippen LogP) is 2.41. The average Bonchev–Trinajstić information content (AvgIpc) is 3.46. The summed E-state index contributed by atoms with van der Waals surface area (Å²) in [6.07, 6.45) is 5.05. The lowest BCUT2D eigenvalue weighted by atomic mass is 10.0. The molecule has 2 amide bonds. The molecular formula is C18H22N6O. The quantitative estimate of drug-likeness (QED) is 0.930. The summed E-state index contributed by atoms with van der Waals surface area (Å²) in [5, 5.41) is 11.2. The number of carbonyl (C=O) groups is 1. The second-order valence-corrected chi connectivity index (χ2v) is 6.89. The van der Waals surface area contributed by atoms with E-state index >= 15 is 0 Å². The van der Waals surface area contributed by atoms with Crippen LogP contribution < -0.4 is 10.2 Å².